The number of aromatic nitrogens is 2. The van der Waals surface area contributed by atoms with Gasteiger partial charge in [-0.3, -0.25) is 0 Å². The van der Waals surface area contributed by atoms with Crippen LogP contribution in [0, 0.1) is 0 Å². The van der Waals surface area contributed by atoms with Crippen LogP contribution in [0.15, 0.2) is 23.1 Å². The molecule has 3 nitrogen and oxygen atoms in total. The average molecular weight is 148 g/mol. The zero-order valence-corrected chi connectivity index (χ0v) is 6.24. The molecule has 3 heteroatoms. The second kappa shape index (κ2) is 2.34. The quantitative estimate of drug-likeness (QED) is 0.618. The number of hydrogen-bond acceptors (Lipinski definition) is 3. The maximum atomic E-state index is 5.00. The molecule has 0 amide bonds. The van der Waals surface area contributed by atoms with Crippen LogP contribution in [0.2, 0.25) is 0 Å². The second-order valence-electron chi connectivity index (χ2n) is 2.37. The highest BCUT2D eigenvalue weighted by molar-refractivity contribution is 5.67. The Morgan fingerprint density at radius 1 is 1.45 bits per heavy atom. The van der Waals surface area contributed by atoms with Gasteiger partial charge in [0.25, 0.3) is 0 Å². The van der Waals surface area contributed by atoms with Gasteiger partial charge in [0.1, 0.15) is 5.52 Å². The summed E-state index contributed by atoms with van der Waals surface area (Å²) in [5.74, 6) is 0. The highest BCUT2D eigenvalue weighted by Gasteiger charge is 1.98. The highest BCUT2D eigenvalue weighted by Crippen LogP contribution is 2.10. The number of oxazole rings is 1. The Kier molecular flexibility index (Phi) is 1.35. The van der Waals surface area contributed by atoms with E-state index < -0.39 is 0 Å². The van der Waals surface area contributed by atoms with E-state index in [1.54, 1.807) is 0 Å². The molecule has 2 rings (SSSR count). The molecule has 0 aliphatic carbocycles. The van der Waals surface area contributed by atoms with Crippen molar-refractivity contribution in [3.05, 3.63) is 24.2 Å². The summed E-state index contributed by atoms with van der Waals surface area (Å²) in [6.07, 6.45) is 4.21. The van der Waals surface area contributed by atoms with E-state index in [0.29, 0.717) is 5.71 Å². The second-order valence-corrected chi connectivity index (χ2v) is 2.37. The summed E-state index contributed by atoms with van der Waals surface area (Å²) in [6, 6.07) is 1.99. The van der Waals surface area contributed by atoms with E-state index in [2.05, 4.69) is 16.9 Å². The van der Waals surface area contributed by atoms with Gasteiger partial charge in [0.15, 0.2) is 6.39 Å². The molecule has 11 heavy (non-hydrogen) atoms. The van der Waals surface area contributed by atoms with Crippen LogP contribution in [0.3, 0.4) is 0 Å². The van der Waals surface area contributed by atoms with Gasteiger partial charge in [-0.15, -0.1) is 0 Å². The van der Waals surface area contributed by atoms with Gasteiger partial charge in [0, 0.05) is 6.20 Å². The molecule has 0 saturated heterocycles. The number of nitrogens with zero attached hydrogens (tertiary/aromatic N) is 2. The first kappa shape index (κ1) is 6.34. The van der Waals surface area contributed by atoms with Crippen molar-refractivity contribution < 1.29 is 4.42 Å². The average Bonchev–Trinajstić information content (AvgIpc) is 2.50. The lowest BCUT2D eigenvalue weighted by Gasteiger charge is -1.91. The zero-order valence-electron chi connectivity index (χ0n) is 6.24. The van der Waals surface area contributed by atoms with Crippen molar-refractivity contribution in [1.29, 1.82) is 0 Å². The molecule has 0 N–H and O–H groups in total. The number of pyridine rings is 1. The van der Waals surface area contributed by atoms with Gasteiger partial charge in [0.2, 0.25) is 5.71 Å². The maximum Gasteiger partial charge on any atom is 0.246 e. The molecule has 0 fully saturated rings. The molecule has 0 unspecified atom stereocenters. The van der Waals surface area contributed by atoms with Gasteiger partial charge in [-0.1, -0.05) is 6.92 Å². The van der Waals surface area contributed by atoms with Gasteiger partial charge in [-0.25, -0.2) is 9.97 Å². The topological polar surface area (TPSA) is 38.9 Å². The first-order chi connectivity index (χ1) is 5.40. The summed E-state index contributed by atoms with van der Waals surface area (Å²) in [6.45, 7) is 2.09. The summed E-state index contributed by atoms with van der Waals surface area (Å²) in [4.78, 5) is 8.08. The summed E-state index contributed by atoms with van der Waals surface area (Å²) < 4.78 is 5.00. The highest BCUT2D eigenvalue weighted by atomic mass is 16.3. The van der Waals surface area contributed by atoms with Crippen molar-refractivity contribution in [2.45, 2.75) is 13.3 Å². The standard InChI is InChI=1S/C8H8N2O/c1-2-6-3-7-8(9-4-6)11-5-10-7/h3-5H,2H2,1H3. The molecule has 0 atom stereocenters. The molecule has 56 valence electrons. The van der Waals surface area contributed by atoms with Crippen molar-refractivity contribution in [3.63, 3.8) is 0 Å². The predicted molar refractivity (Wildman–Crippen MR) is 41.2 cm³/mol. The van der Waals surface area contributed by atoms with E-state index in [4.69, 9.17) is 4.42 Å². The molecule has 2 aromatic rings. The van der Waals surface area contributed by atoms with E-state index >= 15 is 0 Å². The van der Waals surface area contributed by atoms with Crippen molar-refractivity contribution >= 4 is 11.2 Å². The first-order valence-electron chi connectivity index (χ1n) is 3.58. The normalized spacial score (nSPS) is 10.6. The van der Waals surface area contributed by atoms with Gasteiger partial charge < -0.3 is 4.42 Å². The third kappa shape index (κ3) is 0.981. The van der Waals surface area contributed by atoms with Crippen molar-refractivity contribution in [2.75, 3.05) is 0 Å². The molecule has 0 saturated carbocycles. The lowest BCUT2D eigenvalue weighted by Crippen LogP contribution is -1.81. The van der Waals surface area contributed by atoms with Gasteiger partial charge in [-0.05, 0) is 18.1 Å². The van der Waals surface area contributed by atoms with E-state index in [-0.39, 0.29) is 0 Å². The molecule has 2 heterocycles. The van der Waals surface area contributed by atoms with E-state index in [1.807, 2.05) is 12.3 Å². The molecule has 0 spiro atoms. The van der Waals surface area contributed by atoms with Crippen LogP contribution in [-0.2, 0) is 6.42 Å². The predicted octanol–water partition coefficient (Wildman–Crippen LogP) is 1.79. The van der Waals surface area contributed by atoms with Crippen LogP contribution < -0.4 is 0 Å². The smallest absolute Gasteiger partial charge is 0.246 e. The zero-order chi connectivity index (χ0) is 7.68. The summed E-state index contributed by atoms with van der Waals surface area (Å²) in [5.41, 5.74) is 2.64. The number of fused-ring (bicyclic) bond motifs is 1. The Balaban J connectivity index is 2.67. The Morgan fingerprint density at radius 3 is 3.18 bits per heavy atom. The van der Waals surface area contributed by atoms with Crippen LogP contribution in [0.1, 0.15) is 12.5 Å². The lowest BCUT2D eigenvalue weighted by atomic mass is 10.2. The monoisotopic (exact) mass is 148 g/mol. The van der Waals surface area contributed by atoms with Gasteiger partial charge in [0.05, 0.1) is 0 Å². The van der Waals surface area contributed by atoms with Crippen LogP contribution in [-0.4, -0.2) is 9.97 Å². The van der Waals surface area contributed by atoms with Gasteiger partial charge in [-0.2, -0.15) is 0 Å². The molecule has 0 bridgehead atoms. The summed E-state index contributed by atoms with van der Waals surface area (Å²) in [7, 11) is 0. The van der Waals surface area contributed by atoms with E-state index in [1.165, 1.54) is 12.0 Å². The Hall–Kier alpha value is -1.38. The minimum atomic E-state index is 0.613. The van der Waals surface area contributed by atoms with E-state index in [0.717, 1.165) is 11.9 Å². The maximum absolute atomic E-state index is 5.00. The van der Waals surface area contributed by atoms with E-state index in [9.17, 15) is 0 Å². The third-order valence-electron chi connectivity index (χ3n) is 1.65. The fourth-order valence-electron chi connectivity index (χ4n) is 0.992. The Bertz CT molecular complexity index is 367. The molecule has 2 aromatic heterocycles. The molecule has 0 radical (unpaired) electrons. The Labute approximate surface area is 64.1 Å². The van der Waals surface area contributed by atoms with Crippen LogP contribution in [0.5, 0.6) is 0 Å². The molecular formula is C8H8N2O. The third-order valence-corrected chi connectivity index (χ3v) is 1.65. The van der Waals surface area contributed by atoms with Crippen LogP contribution in [0.25, 0.3) is 11.2 Å². The molecular weight excluding hydrogens is 140 g/mol. The van der Waals surface area contributed by atoms with Gasteiger partial charge >= 0.3 is 0 Å². The SMILES string of the molecule is CCc1cnc2ocnc2c1. The van der Waals surface area contributed by atoms with Crippen molar-refractivity contribution in [2.24, 2.45) is 0 Å². The molecule has 0 aliphatic heterocycles. The number of hydrogen-bond donors (Lipinski definition) is 0. The summed E-state index contributed by atoms with van der Waals surface area (Å²) in [5, 5.41) is 0. The first-order valence-corrected chi connectivity index (χ1v) is 3.58. The minimum absolute atomic E-state index is 0.613. The molecule has 0 aromatic carbocycles. The number of rotatable bonds is 1. The van der Waals surface area contributed by atoms with Crippen molar-refractivity contribution in [1.82, 2.24) is 9.97 Å². The van der Waals surface area contributed by atoms with Crippen LogP contribution in [0.4, 0.5) is 0 Å². The summed E-state index contributed by atoms with van der Waals surface area (Å²) >= 11 is 0. The largest absolute Gasteiger partial charge is 0.425 e. The van der Waals surface area contributed by atoms with Crippen LogP contribution >= 0.6 is 0 Å². The fraction of sp³-hybridized carbons (Fsp3) is 0.250. The number of aryl methyl sites for hydroxylation is 1. The minimum Gasteiger partial charge on any atom is -0.425 e. The fourth-order valence-corrected chi connectivity index (χ4v) is 0.992. The Morgan fingerprint density at radius 2 is 2.36 bits per heavy atom. The molecule has 0 aliphatic rings. The lowest BCUT2D eigenvalue weighted by molar-refractivity contribution is 0.590. The van der Waals surface area contributed by atoms with Crippen molar-refractivity contribution in [3.8, 4) is 0 Å².